The smallest absolute Gasteiger partial charge is 0.230 e. The highest BCUT2D eigenvalue weighted by atomic mass is 32.2. The van der Waals surface area contributed by atoms with Gasteiger partial charge in [-0.3, -0.25) is 4.79 Å². The van der Waals surface area contributed by atoms with E-state index in [1.807, 2.05) is 24.3 Å². The molecule has 0 bridgehead atoms. The SMILES string of the molecule is CCc1cc2ccc(C)cc2nc1SCC(=O)NCc1ccc(OC)cc1. The second-order valence-electron chi connectivity index (χ2n) is 6.42. The summed E-state index contributed by atoms with van der Waals surface area (Å²) in [7, 11) is 1.64. The van der Waals surface area contributed by atoms with Gasteiger partial charge in [0, 0.05) is 11.9 Å². The fourth-order valence-electron chi connectivity index (χ4n) is 2.81. The monoisotopic (exact) mass is 380 g/mol. The standard InChI is InChI=1S/C22H24N2O2S/c1-4-17-12-18-8-5-15(2)11-20(18)24-22(17)27-14-21(25)23-13-16-6-9-19(26-3)10-7-16/h5-12H,4,13-14H2,1-3H3,(H,23,25). The molecule has 1 amide bonds. The number of methoxy groups -OCH3 is 1. The molecule has 0 fully saturated rings. The van der Waals surface area contributed by atoms with Crippen LogP contribution in [0.15, 0.2) is 53.6 Å². The van der Waals surface area contributed by atoms with E-state index in [0.717, 1.165) is 33.7 Å². The van der Waals surface area contributed by atoms with Crippen LogP contribution in [0, 0.1) is 6.92 Å². The number of ether oxygens (including phenoxy) is 1. The fraction of sp³-hybridized carbons (Fsp3) is 0.273. The molecule has 0 atom stereocenters. The van der Waals surface area contributed by atoms with Crippen molar-refractivity contribution < 1.29 is 9.53 Å². The van der Waals surface area contributed by atoms with Gasteiger partial charge in [-0.2, -0.15) is 0 Å². The number of nitrogens with zero attached hydrogens (tertiary/aromatic N) is 1. The van der Waals surface area contributed by atoms with Crippen LogP contribution in [0.1, 0.15) is 23.6 Å². The van der Waals surface area contributed by atoms with Gasteiger partial charge in [0.2, 0.25) is 5.91 Å². The zero-order chi connectivity index (χ0) is 19.2. The van der Waals surface area contributed by atoms with Gasteiger partial charge in [-0.05, 0) is 54.3 Å². The first kappa shape index (κ1) is 19.2. The molecule has 0 aliphatic rings. The molecule has 0 aliphatic heterocycles. The van der Waals surface area contributed by atoms with E-state index in [9.17, 15) is 4.79 Å². The fourth-order valence-corrected chi connectivity index (χ4v) is 3.73. The van der Waals surface area contributed by atoms with Gasteiger partial charge in [-0.15, -0.1) is 0 Å². The third kappa shape index (κ3) is 5.01. The van der Waals surface area contributed by atoms with E-state index in [0.29, 0.717) is 12.3 Å². The Kier molecular flexibility index (Phi) is 6.35. The van der Waals surface area contributed by atoms with Gasteiger partial charge in [-0.1, -0.05) is 43.0 Å². The maximum Gasteiger partial charge on any atom is 0.230 e. The van der Waals surface area contributed by atoms with Gasteiger partial charge in [-0.25, -0.2) is 4.98 Å². The molecule has 0 radical (unpaired) electrons. The van der Waals surface area contributed by atoms with Crippen molar-refractivity contribution in [3.8, 4) is 5.75 Å². The lowest BCUT2D eigenvalue weighted by Gasteiger charge is -2.10. The van der Waals surface area contributed by atoms with Crippen LogP contribution in [0.25, 0.3) is 10.9 Å². The molecule has 2 aromatic carbocycles. The molecule has 0 spiro atoms. The highest BCUT2D eigenvalue weighted by Gasteiger charge is 2.10. The van der Waals surface area contributed by atoms with Crippen LogP contribution in [0.3, 0.4) is 0 Å². The Morgan fingerprint density at radius 1 is 1.15 bits per heavy atom. The summed E-state index contributed by atoms with van der Waals surface area (Å²) in [5, 5.41) is 5.05. The summed E-state index contributed by atoms with van der Waals surface area (Å²) in [5.41, 5.74) is 4.39. The van der Waals surface area contributed by atoms with E-state index in [1.54, 1.807) is 7.11 Å². The van der Waals surface area contributed by atoms with Gasteiger partial charge in [0.1, 0.15) is 10.8 Å². The molecule has 4 nitrogen and oxygen atoms in total. The largest absolute Gasteiger partial charge is 0.497 e. The third-order valence-corrected chi connectivity index (χ3v) is 5.42. The maximum atomic E-state index is 12.2. The summed E-state index contributed by atoms with van der Waals surface area (Å²) in [6.45, 7) is 4.69. The Balaban J connectivity index is 1.61. The predicted octanol–water partition coefficient (Wildman–Crippen LogP) is 4.52. The number of hydrogen-bond acceptors (Lipinski definition) is 4. The summed E-state index contributed by atoms with van der Waals surface area (Å²) in [4.78, 5) is 17.0. The number of carbonyl (C=O) groups excluding carboxylic acids is 1. The number of hydrogen-bond donors (Lipinski definition) is 1. The molecular formula is C22H24N2O2S. The van der Waals surface area contributed by atoms with Crippen LogP contribution in [0.4, 0.5) is 0 Å². The normalized spacial score (nSPS) is 10.8. The third-order valence-electron chi connectivity index (χ3n) is 4.38. The lowest BCUT2D eigenvalue weighted by Crippen LogP contribution is -2.24. The zero-order valence-electron chi connectivity index (χ0n) is 15.9. The first-order valence-corrected chi connectivity index (χ1v) is 10.0. The summed E-state index contributed by atoms with van der Waals surface area (Å²) in [6.07, 6.45) is 0.895. The van der Waals surface area contributed by atoms with Crippen LogP contribution in [0.2, 0.25) is 0 Å². The highest BCUT2D eigenvalue weighted by molar-refractivity contribution is 7.99. The molecule has 1 N–H and O–H groups in total. The van der Waals surface area contributed by atoms with E-state index < -0.39 is 0 Å². The quantitative estimate of drug-likeness (QED) is 0.612. The Bertz CT molecular complexity index is 939. The van der Waals surface area contributed by atoms with Crippen molar-refractivity contribution in [1.82, 2.24) is 10.3 Å². The summed E-state index contributed by atoms with van der Waals surface area (Å²) >= 11 is 1.50. The summed E-state index contributed by atoms with van der Waals surface area (Å²) in [6, 6.07) is 16.2. The van der Waals surface area contributed by atoms with Crippen molar-refractivity contribution in [1.29, 1.82) is 0 Å². The second-order valence-corrected chi connectivity index (χ2v) is 7.38. The average molecular weight is 381 g/mol. The first-order chi connectivity index (χ1) is 13.1. The lowest BCUT2D eigenvalue weighted by molar-refractivity contribution is -0.118. The van der Waals surface area contributed by atoms with Crippen LogP contribution in [0.5, 0.6) is 5.75 Å². The molecule has 5 heteroatoms. The van der Waals surface area contributed by atoms with Gasteiger partial charge in [0.15, 0.2) is 0 Å². The van der Waals surface area contributed by atoms with Crippen molar-refractivity contribution in [2.24, 2.45) is 0 Å². The minimum atomic E-state index is 0.00371. The number of rotatable bonds is 7. The Hall–Kier alpha value is -2.53. The number of pyridine rings is 1. The van der Waals surface area contributed by atoms with Crippen LogP contribution < -0.4 is 10.1 Å². The van der Waals surface area contributed by atoms with Crippen molar-refractivity contribution in [3.63, 3.8) is 0 Å². The van der Waals surface area contributed by atoms with Crippen LogP contribution >= 0.6 is 11.8 Å². The van der Waals surface area contributed by atoms with E-state index in [1.165, 1.54) is 22.9 Å². The summed E-state index contributed by atoms with van der Waals surface area (Å²) < 4.78 is 5.14. The number of carbonyl (C=O) groups is 1. The molecule has 0 saturated heterocycles. The molecule has 0 unspecified atom stereocenters. The second kappa shape index (κ2) is 8.91. The molecule has 3 rings (SSSR count). The van der Waals surface area contributed by atoms with Crippen LogP contribution in [-0.4, -0.2) is 23.8 Å². The molecule has 1 heterocycles. The zero-order valence-corrected chi connectivity index (χ0v) is 16.7. The molecule has 140 valence electrons. The Morgan fingerprint density at radius 2 is 1.93 bits per heavy atom. The number of aromatic nitrogens is 1. The molecule has 27 heavy (non-hydrogen) atoms. The van der Waals surface area contributed by atoms with Crippen molar-refractivity contribution in [2.45, 2.75) is 31.8 Å². The number of benzene rings is 2. The number of nitrogens with one attached hydrogen (secondary N) is 1. The lowest BCUT2D eigenvalue weighted by atomic mass is 10.1. The number of fused-ring (bicyclic) bond motifs is 1. The molecule has 3 aromatic rings. The van der Waals surface area contributed by atoms with Gasteiger partial charge < -0.3 is 10.1 Å². The van der Waals surface area contributed by atoms with E-state index in [-0.39, 0.29) is 5.91 Å². The minimum Gasteiger partial charge on any atom is -0.497 e. The molecular weight excluding hydrogens is 356 g/mol. The molecule has 0 aliphatic carbocycles. The van der Waals surface area contributed by atoms with Crippen molar-refractivity contribution >= 4 is 28.6 Å². The topological polar surface area (TPSA) is 51.2 Å². The van der Waals surface area contributed by atoms with Crippen molar-refractivity contribution in [2.75, 3.05) is 12.9 Å². The molecule has 1 aromatic heterocycles. The van der Waals surface area contributed by atoms with Gasteiger partial charge in [0.25, 0.3) is 0 Å². The Morgan fingerprint density at radius 3 is 2.63 bits per heavy atom. The van der Waals surface area contributed by atoms with E-state index in [4.69, 9.17) is 9.72 Å². The minimum absolute atomic E-state index is 0.00371. The van der Waals surface area contributed by atoms with Crippen LogP contribution in [-0.2, 0) is 17.8 Å². The number of thioether (sulfide) groups is 1. The Labute approximate surface area is 164 Å². The summed E-state index contributed by atoms with van der Waals surface area (Å²) in [5.74, 6) is 1.17. The van der Waals surface area contributed by atoms with Crippen molar-refractivity contribution in [3.05, 3.63) is 65.2 Å². The maximum absolute atomic E-state index is 12.2. The number of amides is 1. The highest BCUT2D eigenvalue weighted by Crippen LogP contribution is 2.26. The first-order valence-electron chi connectivity index (χ1n) is 9.01. The van der Waals surface area contributed by atoms with Gasteiger partial charge >= 0.3 is 0 Å². The predicted molar refractivity (Wildman–Crippen MR) is 111 cm³/mol. The number of aryl methyl sites for hydroxylation is 2. The molecule has 0 saturated carbocycles. The van der Waals surface area contributed by atoms with E-state index in [2.05, 4.69) is 43.4 Å². The van der Waals surface area contributed by atoms with Gasteiger partial charge in [0.05, 0.1) is 18.4 Å². The average Bonchev–Trinajstić information content (AvgIpc) is 2.70. The van der Waals surface area contributed by atoms with E-state index >= 15 is 0 Å².